The minimum atomic E-state index is -0.607. The first kappa shape index (κ1) is 18.7. The van der Waals surface area contributed by atoms with Crippen molar-refractivity contribution in [2.24, 2.45) is 5.92 Å². The molecule has 27 heavy (non-hydrogen) atoms. The van der Waals surface area contributed by atoms with Crippen LogP contribution in [0.25, 0.3) is 11.3 Å². The molecule has 0 radical (unpaired) electrons. The van der Waals surface area contributed by atoms with E-state index in [0.29, 0.717) is 17.0 Å². The van der Waals surface area contributed by atoms with Gasteiger partial charge in [0.1, 0.15) is 5.10 Å². The molecule has 3 rings (SSSR count). The van der Waals surface area contributed by atoms with Crippen LogP contribution in [0.2, 0.25) is 0 Å². The summed E-state index contributed by atoms with van der Waals surface area (Å²) >= 11 is 0. The van der Waals surface area contributed by atoms with E-state index < -0.39 is 17.8 Å². The number of hydrogen-bond donors (Lipinski definition) is 3. The van der Waals surface area contributed by atoms with E-state index in [9.17, 15) is 14.0 Å². The Balaban J connectivity index is 1.96. The summed E-state index contributed by atoms with van der Waals surface area (Å²) in [6.45, 7) is 1.69. The zero-order valence-corrected chi connectivity index (χ0v) is 15.3. The summed E-state index contributed by atoms with van der Waals surface area (Å²) in [6, 6.07) is 3.87. The first-order valence-corrected chi connectivity index (χ1v) is 8.84. The van der Waals surface area contributed by atoms with Crippen LogP contribution in [0.3, 0.4) is 0 Å². The van der Waals surface area contributed by atoms with E-state index in [1.165, 1.54) is 17.8 Å². The number of H-pyrrole nitrogens is 1. The smallest absolute Gasteiger partial charge is 0.321 e. The summed E-state index contributed by atoms with van der Waals surface area (Å²) < 4.78 is 16.1. The third-order valence-electron chi connectivity index (χ3n) is 4.66. The Hall–Kier alpha value is -3.10. The number of carbonyl (C=O) groups is 2. The van der Waals surface area contributed by atoms with Crippen molar-refractivity contribution in [3.8, 4) is 5.69 Å². The number of rotatable bonds is 4. The van der Waals surface area contributed by atoms with Crippen molar-refractivity contribution >= 4 is 17.5 Å². The molecule has 1 fully saturated rings. The lowest BCUT2D eigenvalue weighted by Crippen LogP contribution is -2.38. The number of tetrazole rings is 1. The average molecular weight is 373 g/mol. The van der Waals surface area contributed by atoms with E-state index in [1.54, 1.807) is 19.1 Å². The Morgan fingerprint density at radius 1 is 1.33 bits per heavy atom. The second-order valence-electron chi connectivity index (χ2n) is 6.51. The number of carbonyl (C=O) groups excluding carboxylic acids is 2. The maximum Gasteiger partial charge on any atom is 0.321 e. The molecule has 1 aromatic carbocycles. The summed E-state index contributed by atoms with van der Waals surface area (Å²) in [5.41, 5.74) is 0.948. The molecule has 2 aromatic rings. The quantitative estimate of drug-likeness (QED) is 0.559. The normalized spacial score (nSPS) is 15.0. The van der Waals surface area contributed by atoms with E-state index in [2.05, 4.69) is 26.2 Å². The summed E-state index contributed by atoms with van der Waals surface area (Å²) in [5.74, 6) is -0.343. The van der Waals surface area contributed by atoms with Gasteiger partial charge in [0.2, 0.25) is 0 Å². The summed E-state index contributed by atoms with van der Waals surface area (Å²) in [6.07, 6.45) is 6.00. The van der Waals surface area contributed by atoms with Gasteiger partial charge in [0.05, 0.1) is 0 Å². The molecule has 1 aromatic heterocycles. The van der Waals surface area contributed by atoms with Gasteiger partial charge in [-0.3, -0.25) is 10.1 Å². The molecule has 1 aliphatic carbocycles. The maximum atomic E-state index is 14.7. The Bertz CT molecular complexity index is 886. The molecule has 0 unspecified atom stereocenters. The molecule has 3 amide bonds. The van der Waals surface area contributed by atoms with Crippen LogP contribution in [0.15, 0.2) is 24.3 Å². The SMILES string of the molecule is CNC(=O)NC(=O)/C(=C/C1CCCC1)c1ccc(-[n+]2[nH]nnc2C)c(F)c1. The highest BCUT2D eigenvalue weighted by molar-refractivity contribution is 6.23. The summed E-state index contributed by atoms with van der Waals surface area (Å²) in [4.78, 5) is 24.1. The Labute approximate surface area is 155 Å². The number of nitrogens with zero attached hydrogens (tertiary/aromatic N) is 3. The molecule has 0 bridgehead atoms. The molecule has 0 aliphatic heterocycles. The van der Waals surface area contributed by atoms with Gasteiger partial charge in [0, 0.05) is 19.5 Å². The van der Waals surface area contributed by atoms with Crippen LogP contribution in [0, 0.1) is 18.7 Å². The maximum absolute atomic E-state index is 14.7. The number of benzene rings is 1. The van der Waals surface area contributed by atoms with Crippen LogP contribution in [-0.2, 0) is 4.79 Å². The number of aromatic nitrogens is 4. The molecule has 1 saturated carbocycles. The summed E-state index contributed by atoms with van der Waals surface area (Å²) in [5, 5.41) is 14.6. The van der Waals surface area contributed by atoms with Crippen molar-refractivity contribution in [3.63, 3.8) is 0 Å². The van der Waals surface area contributed by atoms with E-state index >= 15 is 0 Å². The molecule has 0 atom stereocenters. The largest absolute Gasteiger partial charge is 0.341 e. The Morgan fingerprint density at radius 3 is 2.67 bits per heavy atom. The van der Waals surface area contributed by atoms with Crippen molar-refractivity contribution in [1.82, 2.24) is 26.2 Å². The van der Waals surface area contributed by atoms with E-state index in [4.69, 9.17) is 0 Å². The first-order chi connectivity index (χ1) is 13.0. The molecule has 9 heteroatoms. The van der Waals surface area contributed by atoms with Gasteiger partial charge in [-0.2, -0.15) is 0 Å². The molecule has 8 nitrogen and oxygen atoms in total. The predicted octanol–water partition coefficient (Wildman–Crippen LogP) is 1.56. The van der Waals surface area contributed by atoms with Gasteiger partial charge in [-0.25, -0.2) is 9.18 Å². The Kier molecular flexibility index (Phi) is 5.58. The van der Waals surface area contributed by atoms with E-state index in [-0.39, 0.29) is 11.6 Å². The van der Waals surface area contributed by atoms with Gasteiger partial charge < -0.3 is 5.32 Å². The molecule has 3 N–H and O–H groups in total. The van der Waals surface area contributed by atoms with Crippen LogP contribution in [0.5, 0.6) is 0 Å². The number of nitrogens with one attached hydrogen (secondary N) is 3. The molecule has 1 heterocycles. The minimum absolute atomic E-state index is 0.242. The average Bonchev–Trinajstić information content (AvgIpc) is 3.31. The second-order valence-corrected chi connectivity index (χ2v) is 6.51. The van der Waals surface area contributed by atoms with Gasteiger partial charge in [0.25, 0.3) is 5.91 Å². The molecular weight excluding hydrogens is 351 g/mol. The van der Waals surface area contributed by atoms with Gasteiger partial charge in [-0.1, -0.05) is 30.2 Å². The first-order valence-electron chi connectivity index (χ1n) is 8.84. The van der Waals surface area contributed by atoms with Crippen LogP contribution < -0.4 is 15.3 Å². The monoisotopic (exact) mass is 373 g/mol. The zero-order chi connectivity index (χ0) is 19.4. The predicted molar refractivity (Wildman–Crippen MR) is 95.1 cm³/mol. The van der Waals surface area contributed by atoms with Crippen LogP contribution >= 0.6 is 0 Å². The van der Waals surface area contributed by atoms with Crippen molar-refractivity contribution < 1.29 is 18.7 Å². The number of aryl methyl sites for hydroxylation is 1. The lowest BCUT2D eigenvalue weighted by molar-refractivity contribution is -0.668. The number of amides is 3. The third-order valence-corrected chi connectivity index (χ3v) is 4.66. The number of imide groups is 1. The topological polar surface area (TPSA) is 104 Å². The number of urea groups is 1. The fourth-order valence-electron chi connectivity index (χ4n) is 3.24. The van der Waals surface area contributed by atoms with Crippen LogP contribution in [-0.4, -0.2) is 34.5 Å². The van der Waals surface area contributed by atoms with Crippen molar-refractivity contribution in [2.45, 2.75) is 32.6 Å². The lowest BCUT2D eigenvalue weighted by Gasteiger charge is -2.12. The standard InChI is InChI=1S/C18H21FN6O2/c1-11-22-23-24-25(11)16-8-7-13(10-15(16)19)14(9-12-5-3-4-6-12)17(26)21-18(27)20-2/h7-10,12H,3-6H2,1-2H3,(H2,20,21,26,27)/p+1/b14-9+. The van der Waals surface area contributed by atoms with Crippen molar-refractivity contribution in [1.29, 1.82) is 0 Å². The molecule has 0 saturated heterocycles. The van der Waals surface area contributed by atoms with Crippen LogP contribution in [0.1, 0.15) is 37.1 Å². The van der Waals surface area contributed by atoms with Gasteiger partial charge in [0.15, 0.2) is 16.7 Å². The highest BCUT2D eigenvalue weighted by Gasteiger charge is 2.22. The number of halogens is 1. The molecule has 142 valence electrons. The zero-order valence-electron chi connectivity index (χ0n) is 15.3. The Morgan fingerprint density at radius 2 is 2.07 bits per heavy atom. The van der Waals surface area contributed by atoms with Gasteiger partial charge >= 0.3 is 11.9 Å². The summed E-state index contributed by atoms with van der Waals surface area (Å²) in [7, 11) is 1.43. The minimum Gasteiger partial charge on any atom is -0.341 e. The van der Waals surface area contributed by atoms with Crippen LogP contribution in [0.4, 0.5) is 9.18 Å². The number of aromatic amines is 1. The molecule has 1 aliphatic rings. The number of allylic oxidation sites excluding steroid dienone is 1. The highest BCUT2D eigenvalue weighted by Crippen LogP contribution is 2.29. The fourth-order valence-corrected chi connectivity index (χ4v) is 3.24. The van der Waals surface area contributed by atoms with E-state index in [1.807, 2.05) is 6.08 Å². The van der Waals surface area contributed by atoms with Gasteiger partial charge in [-0.05, 0) is 36.5 Å². The third kappa shape index (κ3) is 4.18. The lowest BCUT2D eigenvalue weighted by atomic mass is 9.97. The fraction of sp³-hybridized carbons (Fsp3) is 0.389. The molecule has 0 spiro atoms. The van der Waals surface area contributed by atoms with E-state index in [0.717, 1.165) is 25.7 Å². The van der Waals surface area contributed by atoms with Crippen molar-refractivity contribution in [3.05, 3.63) is 41.5 Å². The van der Waals surface area contributed by atoms with Gasteiger partial charge in [-0.15, -0.1) is 4.68 Å². The molecular formula is C18H22FN6O2+. The highest BCUT2D eigenvalue weighted by atomic mass is 19.1. The van der Waals surface area contributed by atoms with Crippen molar-refractivity contribution in [2.75, 3.05) is 7.05 Å². The number of hydrogen-bond acceptors (Lipinski definition) is 4. The second kappa shape index (κ2) is 8.07.